The summed E-state index contributed by atoms with van der Waals surface area (Å²) in [5.41, 5.74) is 1.26. The molecular weight excluding hydrogens is 323 g/mol. The fourth-order valence-corrected chi connectivity index (χ4v) is 3.00. The van der Waals surface area contributed by atoms with Gasteiger partial charge >= 0.3 is 0 Å². The fourth-order valence-electron chi connectivity index (χ4n) is 3.00. The van der Waals surface area contributed by atoms with Crippen LogP contribution in [0.25, 0.3) is 22.6 Å². The lowest BCUT2D eigenvalue weighted by molar-refractivity contribution is -0.142. The highest BCUT2D eigenvalue weighted by Crippen LogP contribution is 2.38. The molecule has 0 radical (unpaired) electrons. The second-order valence-electron chi connectivity index (χ2n) is 6.59. The lowest BCUT2D eigenvalue weighted by Crippen LogP contribution is -2.44. The zero-order valence-electron chi connectivity index (χ0n) is 13.5. The normalized spacial score (nSPS) is 15.8. The first kappa shape index (κ1) is 15.5. The Morgan fingerprint density at radius 3 is 2.56 bits per heavy atom. The van der Waals surface area contributed by atoms with Crippen molar-refractivity contribution in [1.82, 2.24) is 4.98 Å². The minimum absolute atomic E-state index is 0.108. The largest absolute Gasteiger partial charge is 0.436 e. The van der Waals surface area contributed by atoms with E-state index in [1.807, 2.05) is 0 Å². The number of carbonyl (C=O) groups is 2. The molecule has 0 spiro atoms. The van der Waals surface area contributed by atoms with Gasteiger partial charge in [0.1, 0.15) is 11.3 Å². The van der Waals surface area contributed by atoms with Gasteiger partial charge in [0.05, 0.1) is 5.41 Å². The van der Waals surface area contributed by atoms with Crippen LogP contribution in [0.2, 0.25) is 0 Å². The van der Waals surface area contributed by atoms with E-state index in [1.165, 1.54) is 6.07 Å². The first-order chi connectivity index (χ1) is 11.9. The molecule has 0 atom stereocenters. The summed E-state index contributed by atoms with van der Waals surface area (Å²) in [6.45, 7) is 1.78. The Kier molecular flexibility index (Phi) is 3.42. The Hall–Kier alpha value is -3.02. The van der Waals surface area contributed by atoms with Crippen LogP contribution in [-0.2, 0) is 9.59 Å². The number of aromatic nitrogens is 1. The summed E-state index contributed by atoms with van der Waals surface area (Å²) in [6.07, 6.45) is 0.566. The fraction of sp³-hybridized carbons (Fsp3) is 0.211. The Bertz CT molecular complexity index is 984. The lowest BCUT2D eigenvalue weighted by Gasteiger charge is -2.34. The van der Waals surface area contributed by atoms with Gasteiger partial charge in [-0.1, -0.05) is 6.07 Å². The highest BCUT2D eigenvalue weighted by molar-refractivity contribution is 6.05. The molecule has 1 saturated carbocycles. The second-order valence-corrected chi connectivity index (χ2v) is 6.59. The van der Waals surface area contributed by atoms with Crippen molar-refractivity contribution in [3.63, 3.8) is 0 Å². The highest BCUT2D eigenvalue weighted by atomic mass is 19.1. The third-order valence-electron chi connectivity index (χ3n) is 4.48. The van der Waals surface area contributed by atoms with Crippen molar-refractivity contribution < 1.29 is 18.4 Å². The smallest absolute Gasteiger partial charge is 0.231 e. The van der Waals surface area contributed by atoms with E-state index in [2.05, 4.69) is 10.3 Å². The SMILES string of the molecule is CC1(C(=O)Nc2ccc(-c3nc4c(F)cccc4o3)cc2)CC(=O)C1. The van der Waals surface area contributed by atoms with Crippen LogP contribution in [0.4, 0.5) is 10.1 Å². The van der Waals surface area contributed by atoms with Gasteiger partial charge in [-0.05, 0) is 43.3 Å². The first-order valence-corrected chi connectivity index (χ1v) is 7.93. The van der Waals surface area contributed by atoms with Crippen molar-refractivity contribution >= 4 is 28.5 Å². The number of nitrogens with zero attached hydrogens (tertiary/aromatic N) is 1. The summed E-state index contributed by atoms with van der Waals surface area (Å²) >= 11 is 0. The van der Waals surface area contributed by atoms with Gasteiger partial charge in [0.2, 0.25) is 11.8 Å². The molecule has 0 unspecified atom stereocenters. The van der Waals surface area contributed by atoms with Crippen LogP contribution in [0, 0.1) is 11.2 Å². The summed E-state index contributed by atoms with van der Waals surface area (Å²) in [7, 11) is 0. The molecule has 1 amide bonds. The molecule has 0 bridgehead atoms. The molecule has 1 aliphatic rings. The van der Waals surface area contributed by atoms with E-state index in [0.717, 1.165) is 0 Å². The standard InChI is InChI=1S/C19H15FN2O3/c1-19(9-13(23)10-19)18(24)21-12-7-5-11(6-8-12)17-22-16-14(20)3-2-4-15(16)25-17/h2-8H,9-10H2,1H3,(H,21,24). The Balaban J connectivity index is 1.54. The molecule has 5 nitrogen and oxygen atoms in total. The molecule has 2 aromatic carbocycles. The number of para-hydroxylation sites is 1. The van der Waals surface area contributed by atoms with Crippen molar-refractivity contribution in [2.24, 2.45) is 5.41 Å². The number of halogens is 1. The quantitative estimate of drug-likeness (QED) is 0.785. The maximum absolute atomic E-state index is 13.7. The predicted molar refractivity (Wildman–Crippen MR) is 90.4 cm³/mol. The van der Waals surface area contributed by atoms with Crippen molar-refractivity contribution in [1.29, 1.82) is 0 Å². The van der Waals surface area contributed by atoms with Gasteiger partial charge in [0.25, 0.3) is 0 Å². The zero-order valence-corrected chi connectivity index (χ0v) is 13.5. The third kappa shape index (κ3) is 2.69. The Morgan fingerprint density at radius 1 is 1.20 bits per heavy atom. The van der Waals surface area contributed by atoms with Gasteiger partial charge in [0.15, 0.2) is 11.4 Å². The molecule has 0 saturated heterocycles. The Labute approximate surface area is 142 Å². The number of oxazole rings is 1. The van der Waals surface area contributed by atoms with E-state index < -0.39 is 11.2 Å². The number of fused-ring (bicyclic) bond motifs is 1. The maximum atomic E-state index is 13.7. The summed E-state index contributed by atoms with van der Waals surface area (Å²) in [5.74, 6) is -0.172. The van der Waals surface area contributed by atoms with Gasteiger partial charge < -0.3 is 9.73 Å². The number of anilines is 1. The first-order valence-electron chi connectivity index (χ1n) is 7.93. The summed E-state index contributed by atoms with van der Waals surface area (Å²) in [5, 5.41) is 2.82. The van der Waals surface area contributed by atoms with E-state index >= 15 is 0 Å². The number of nitrogens with one attached hydrogen (secondary N) is 1. The number of Topliss-reactive ketones (excluding diaryl/α,β-unsaturated/α-hetero) is 1. The van der Waals surface area contributed by atoms with Crippen LogP contribution in [0.3, 0.4) is 0 Å². The van der Waals surface area contributed by atoms with Gasteiger partial charge in [-0.15, -0.1) is 0 Å². The lowest BCUT2D eigenvalue weighted by atomic mass is 9.69. The third-order valence-corrected chi connectivity index (χ3v) is 4.48. The van der Waals surface area contributed by atoms with Crippen LogP contribution in [0.1, 0.15) is 19.8 Å². The van der Waals surface area contributed by atoms with Crippen molar-refractivity contribution in [2.45, 2.75) is 19.8 Å². The number of hydrogen-bond acceptors (Lipinski definition) is 4. The van der Waals surface area contributed by atoms with Gasteiger partial charge in [-0.3, -0.25) is 9.59 Å². The number of ketones is 1. The molecule has 4 rings (SSSR count). The minimum atomic E-state index is -0.617. The summed E-state index contributed by atoms with van der Waals surface area (Å²) in [4.78, 5) is 27.6. The number of amides is 1. The molecule has 0 aliphatic heterocycles. The molecule has 1 aromatic heterocycles. The topological polar surface area (TPSA) is 72.2 Å². The average molecular weight is 338 g/mol. The molecule has 1 heterocycles. The van der Waals surface area contributed by atoms with Gasteiger partial charge in [-0.25, -0.2) is 9.37 Å². The van der Waals surface area contributed by atoms with E-state index in [1.54, 1.807) is 43.3 Å². The zero-order chi connectivity index (χ0) is 17.6. The maximum Gasteiger partial charge on any atom is 0.231 e. The van der Waals surface area contributed by atoms with Crippen molar-refractivity contribution in [3.8, 4) is 11.5 Å². The monoisotopic (exact) mass is 338 g/mol. The van der Waals surface area contributed by atoms with Crippen LogP contribution < -0.4 is 5.32 Å². The van der Waals surface area contributed by atoms with Crippen LogP contribution in [0.15, 0.2) is 46.9 Å². The molecule has 1 aliphatic carbocycles. The van der Waals surface area contributed by atoms with E-state index in [-0.39, 0.29) is 30.0 Å². The Morgan fingerprint density at radius 2 is 1.92 bits per heavy atom. The second kappa shape index (κ2) is 5.51. The number of rotatable bonds is 3. The van der Waals surface area contributed by atoms with Crippen LogP contribution >= 0.6 is 0 Å². The van der Waals surface area contributed by atoms with E-state index in [9.17, 15) is 14.0 Å². The molecule has 1 N–H and O–H groups in total. The molecule has 1 fully saturated rings. The van der Waals surface area contributed by atoms with Crippen LogP contribution in [0.5, 0.6) is 0 Å². The van der Waals surface area contributed by atoms with Crippen molar-refractivity contribution in [3.05, 3.63) is 48.3 Å². The molecule has 25 heavy (non-hydrogen) atoms. The summed E-state index contributed by atoms with van der Waals surface area (Å²) < 4.78 is 19.3. The summed E-state index contributed by atoms with van der Waals surface area (Å²) in [6, 6.07) is 11.5. The van der Waals surface area contributed by atoms with E-state index in [4.69, 9.17) is 4.42 Å². The van der Waals surface area contributed by atoms with Crippen LogP contribution in [-0.4, -0.2) is 16.7 Å². The van der Waals surface area contributed by atoms with Gasteiger partial charge in [-0.2, -0.15) is 0 Å². The van der Waals surface area contributed by atoms with Crippen molar-refractivity contribution in [2.75, 3.05) is 5.32 Å². The highest BCUT2D eigenvalue weighted by Gasteiger charge is 2.45. The van der Waals surface area contributed by atoms with E-state index in [0.29, 0.717) is 22.7 Å². The van der Waals surface area contributed by atoms with Gasteiger partial charge in [0, 0.05) is 24.1 Å². The minimum Gasteiger partial charge on any atom is -0.436 e. The molecule has 6 heteroatoms. The molecule has 126 valence electrons. The number of benzene rings is 2. The molecular formula is C19H15FN2O3. The number of carbonyl (C=O) groups excluding carboxylic acids is 2. The number of hydrogen-bond donors (Lipinski definition) is 1. The molecule has 3 aromatic rings. The average Bonchev–Trinajstić information content (AvgIpc) is 3.00. The predicted octanol–water partition coefficient (Wildman–Crippen LogP) is 3.94.